The topological polar surface area (TPSA) is 57.2 Å². The molecular formula is C20H32O5. The lowest BCUT2D eigenvalue weighted by molar-refractivity contribution is -0.0375. The number of benzene rings is 1. The van der Waals surface area contributed by atoms with Crippen LogP contribution in [0.25, 0.3) is 0 Å². The second-order valence-corrected chi connectivity index (χ2v) is 6.42. The maximum atomic E-state index is 8.83. The van der Waals surface area contributed by atoms with Crippen molar-refractivity contribution < 1.29 is 24.1 Å². The van der Waals surface area contributed by atoms with Gasteiger partial charge in [0, 0.05) is 39.6 Å². The minimum absolute atomic E-state index is 0.0891. The third-order valence-electron chi connectivity index (χ3n) is 4.26. The van der Waals surface area contributed by atoms with Crippen molar-refractivity contribution in [3.8, 4) is 0 Å². The summed E-state index contributed by atoms with van der Waals surface area (Å²) in [4.78, 5) is 0. The average molecular weight is 352 g/mol. The summed E-state index contributed by atoms with van der Waals surface area (Å²) >= 11 is 0. The van der Waals surface area contributed by atoms with Crippen LogP contribution in [-0.4, -0.2) is 57.0 Å². The highest BCUT2D eigenvalue weighted by Gasteiger charge is 2.13. The van der Waals surface area contributed by atoms with Crippen LogP contribution >= 0.6 is 0 Å². The number of aliphatic hydroxyl groups is 1. The van der Waals surface area contributed by atoms with Crippen molar-refractivity contribution in [2.45, 2.75) is 50.9 Å². The highest BCUT2D eigenvalue weighted by atomic mass is 16.5. The van der Waals surface area contributed by atoms with Gasteiger partial charge in [-0.1, -0.05) is 30.3 Å². The Kier molecular flexibility index (Phi) is 10.8. The van der Waals surface area contributed by atoms with Crippen LogP contribution < -0.4 is 0 Å². The predicted molar refractivity (Wildman–Crippen MR) is 96.6 cm³/mol. The van der Waals surface area contributed by atoms with Gasteiger partial charge in [-0.2, -0.15) is 0 Å². The Morgan fingerprint density at radius 1 is 0.880 bits per heavy atom. The molecule has 1 N–H and O–H groups in total. The predicted octanol–water partition coefficient (Wildman–Crippen LogP) is 2.95. The van der Waals surface area contributed by atoms with Gasteiger partial charge in [0.25, 0.3) is 0 Å². The van der Waals surface area contributed by atoms with Crippen molar-refractivity contribution in [3.63, 3.8) is 0 Å². The molecule has 25 heavy (non-hydrogen) atoms. The zero-order valence-corrected chi connectivity index (χ0v) is 15.1. The Morgan fingerprint density at radius 2 is 1.52 bits per heavy atom. The zero-order valence-electron chi connectivity index (χ0n) is 15.1. The molecule has 0 bridgehead atoms. The molecule has 0 spiro atoms. The lowest BCUT2D eigenvalue weighted by Gasteiger charge is -2.22. The molecular weight excluding hydrogens is 320 g/mol. The summed E-state index contributed by atoms with van der Waals surface area (Å²) < 4.78 is 21.6. The summed E-state index contributed by atoms with van der Waals surface area (Å²) in [6.07, 6.45) is 4.97. The number of rotatable bonds is 7. The van der Waals surface area contributed by atoms with E-state index in [9.17, 15) is 0 Å². The van der Waals surface area contributed by atoms with Gasteiger partial charge < -0.3 is 24.1 Å². The fourth-order valence-electron chi connectivity index (χ4n) is 2.70. The van der Waals surface area contributed by atoms with Crippen molar-refractivity contribution in [1.82, 2.24) is 0 Å². The lowest BCUT2D eigenvalue weighted by Crippen LogP contribution is -2.24. The monoisotopic (exact) mass is 352 g/mol. The van der Waals surface area contributed by atoms with Crippen LogP contribution in [0.5, 0.6) is 0 Å². The van der Waals surface area contributed by atoms with Crippen molar-refractivity contribution in [1.29, 1.82) is 0 Å². The first-order chi connectivity index (χ1) is 12.3. The highest BCUT2D eigenvalue weighted by molar-refractivity contribution is 5.13. The van der Waals surface area contributed by atoms with Gasteiger partial charge in [-0.3, -0.25) is 0 Å². The molecule has 2 fully saturated rings. The molecule has 0 aromatic heterocycles. The van der Waals surface area contributed by atoms with E-state index in [2.05, 4.69) is 12.1 Å². The Bertz CT molecular complexity index is 413. The number of hydrogen-bond acceptors (Lipinski definition) is 5. The van der Waals surface area contributed by atoms with Crippen LogP contribution in [0, 0.1) is 0 Å². The number of ether oxygens (including phenoxy) is 4. The fraction of sp³-hybridized carbons (Fsp3) is 0.700. The fourth-order valence-corrected chi connectivity index (χ4v) is 2.70. The van der Waals surface area contributed by atoms with Crippen molar-refractivity contribution in [3.05, 3.63) is 35.9 Å². The minimum atomic E-state index is -0.0891. The second kappa shape index (κ2) is 13.3. The maximum Gasteiger partial charge on any atom is 0.0716 e. The lowest BCUT2D eigenvalue weighted by atomic mass is 10.1. The van der Waals surface area contributed by atoms with Crippen LogP contribution in [0.1, 0.15) is 37.7 Å². The standard InChI is InChI=1S/C15H22O3.C5H10O2/c1-2-5-14(6-3-1)13-17-9-4-10-18-15-7-11-16-12-8-15;6-5-1-3-7-4-2-5/h1-3,5-6,15H,4,7-13H2;5-6H,1-4H2. The molecule has 3 rings (SSSR count). The van der Waals surface area contributed by atoms with Gasteiger partial charge in [0.2, 0.25) is 0 Å². The number of aliphatic hydroxyl groups excluding tert-OH is 1. The van der Waals surface area contributed by atoms with E-state index in [4.69, 9.17) is 24.1 Å². The molecule has 2 aliphatic rings. The first-order valence-corrected chi connectivity index (χ1v) is 9.41. The van der Waals surface area contributed by atoms with Crippen LogP contribution in [0.3, 0.4) is 0 Å². The molecule has 2 heterocycles. The van der Waals surface area contributed by atoms with Crippen LogP contribution in [-0.2, 0) is 25.6 Å². The molecule has 0 aliphatic carbocycles. The first kappa shape index (κ1) is 20.3. The Balaban J connectivity index is 0.000000269. The van der Waals surface area contributed by atoms with E-state index in [0.717, 1.165) is 71.7 Å². The molecule has 1 aromatic carbocycles. The summed E-state index contributed by atoms with van der Waals surface area (Å²) in [6, 6.07) is 10.3. The summed E-state index contributed by atoms with van der Waals surface area (Å²) in [5.41, 5.74) is 1.22. The Hall–Kier alpha value is -0.980. The maximum absolute atomic E-state index is 8.83. The average Bonchev–Trinajstić information content (AvgIpc) is 2.67. The molecule has 0 unspecified atom stereocenters. The first-order valence-electron chi connectivity index (χ1n) is 9.41. The Labute approximate surface area is 151 Å². The molecule has 2 saturated heterocycles. The van der Waals surface area contributed by atoms with Crippen molar-refractivity contribution >= 4 is 0 Å². The molecule has 0 saturated carbocycles. The molecule has 2 aliphatic heterocycles. The normalized spacial score (nSPS) is 19.2. The van der Waals surface area contributed by atoms with Gasteiger partial charge in [-0.15, -0.1) is 0 Å². The third kappa shape index (κ3) is 9.92. The summed E-state index contributed by atoms with van der Waals surface area (Å²) in [5, 5.41) is 8.83. The molecule has 142 valence electrons. The smallest absolute Gasteiger partial charge is 0.0716 e. The van der Waals surface area contributed by atoms with E-state index >= 15 is 0 Å². The second-order valence-electron chi connectivity index (χ2n) is 6.42. The van der Waals surface area contributed by atoms with Gasteiger partial charge in [-0.05, 0) is 37.7 Å². The SMILES string of the molecule is OC1CCOCC1.c1ccc(COCCCOC2CCOCC2)cc1. The molecule has 5 nitrogen and oxygen atoms in total. The van der Waals surface area contributed by atoms with E-state index < -0.39 is 0 Å². The quantitative estimate of drug-likeness (QED) is 0.765. The highest BCUT2D eigenvalue weighted by Crippen LogP contribution is 2.10. The van der Waals surface area contributed by atoms with Gasteiger partial charge >= 0.3 is 0 Å². The van der Waals surface area contributed by atoms with Gasteiger partial charge in [-0.25, -0.2) is 0 Å². The van der Waals surface area contributed by atoms with Crippen LogP contribution in [0.4, 0.5) is 0 Å². The van der Waals surface area contributed by atoms with E-state index in [1.165, 1.54) is 5.56 Å². The van der Waals surface area contributed by atoms with E-state index in [1.807, 2.05) is 18.2 Å². The molecule has 0 amide bonds. The third-order valence-corrected chi connectivity index (χ3v) is 4.26. The van der Waals surface area contributed by atoms with Crippen LogP contribution in [0.15, 0.2) is 30.3 Å². The van der Waals surface area contributed by atoms with E-state index in [1.54, 1.807) is 0 Å². The van der Waals surface area contributed by atoms with Crippen molar-refractivity contribution in [2.24, 2.45) is 0 Å². The number of hydrogen-bond donors (Lipinski definition) is 1. The van der Waals surface area contributed by atoms with Crippen molar-refractivity contribution in [2.75, 3.05) is 39.6 Å². The van der Waals surface area contributed by atoms with Crippen LogP contribution in [0.2, 0.25) is 0 Å². The summed E-state index contributed by atoms with van der Waals surface area (Å²) in [6.45, 7) is 5.41. The van der Waals surface area contributed by atoms with Gasteiger partial charge in [0.1, 0.15) is 0 Å². The van der Waals surface area contributed by atoms with Gasteiger partial charge in [0.15, 0.2) is 0 Å². The molecule has 1 aromatic rings. The summed E-state index contributed by atoms with van der Waals surface area (Å²) in [7, 11) is 0. The Morgan fingerprint density at radius 3 is 2.12 bits per heavy atom. The summed E-state index contributed by atoms with van der Waals surface area (Å²) in [5.74, 6) is 0. The minimum Gasteiger partial charge on any atom is -0.393 e. The molecule has 0 radical (unpaired) electrons. The molecule has 0 atom stereocenters. The van der Waals surface area contributed by atoms with Gasteiger partial charge in [0.05, 0.1) is 18.8 Å². The largest absolute Gasteiger partial charge is 0.393 e. The van der Waals surface area contributed by atoms with E-state index in [0.29, 0.717) is 12.7 Å². The zero-order chi connectivity index (χ0) is 17.6. The molecule has 5 heteroatoms. The van der Waals surface area contributed by atoms with E-state index in [-0.39, 0.29) is 6.10 Å².